The number of carboxylic acid groups (broad SMARTS) is 1. The van der Waals surface area contributed by atoms with Gasteiger partial charge in [0, 0.05) is 18.5 Å². The molecular weight excluding hydrogens is 356 g/mol. The highest BCUT2D eigenvalue weighted by atomic mass is 32.1. The number of nitrogens with zero attached hydrogens (tertiary/aromatic N) is 3. The van der Waals surface area contributed by atoms with E-state index in [-0.39, 0.29) is 23.6 Å². The number of nitrogens with one attached hydrogen (secondary N) is 1. The summed E-state index contributed by atoms with van der Waals surface area (Å²) in [4.78, 5) is 26.4. The Morgan fingerprint density at radius 3 is 2.88 bits per heavy atom. The minimum Gasteiger partial charge on any atom is -0.543 e. The van der Waals surface area contributed by atoms with Crippen molar-refractivity contribution in [3.05, 3.63) is 29.2 Å². The number of amides is 1. The van der Waals surface area contributed by atoms with Crippen molar-refractivity contribution in [2.75, 3.05) is 12.4 Å². The minimum atomic E-state index is -1.34. The van der Waals surface area contributed by atoms with Crippen molar-refractivity contribution in [1.29, 1.82) is 0 Å². The minimum absolute atomic E-state index is 0.0414. The van der Waals surface area contributed by atoms with Crippen LogP contribution in [0.25, 0.3) is 4.83 Å². The van der Waals surface area contributed by atoms with E-state index in [9.17, 15) is 19.8 Å². The quantitative estimate of drug-likeness (QED) is 0.525. The topological polar surface area (TPSA) is 101 Å². The fraction of sp³-hybridized carbons (Fsp3) is 0.471. The summed E-state index contributed by atoms with van der Waals surface area (Å²) in [5.41, 5.74) is 0.612. The molecule has 0 aromatic carbocycles. The Kier molecular flexibility index (Phi) is 3.81. The molecule has 2 N–H and O–H groups in total. The van der Waals surface area contributed by atoms with E-state index in [0.29, 0.717) is 12.1 Å². The normalized spacial score (nSPS) is 26.2. The number of hydrogen-bond donors (Lipinski definition) is 2. The number of rotatable bonds is 5. The van der Waals surface area contributed by atoms with Gasteiger partial charge in [-0.3, -0.25) is 4.79 Å². The first-order chi connectivity index (χ1) is 12.3. The van der Waals surface area contributed by atoms with Crippen LogP contribution in [0, 0.1) is 11.8 Å². The molecule has 9 heteroatoms. The van der Waals surface area contributed by atoms with Crippen molar-refractivity contribution < 1.29 is 24.4 Å². The summed E-state index contributed by atoms with van der Waals surface area (Å²) in [7, 11) is 1.84. The van der Waals surface area contributed by atoms with Crippen LogP contribution in [0.15, 0.2) is 29.2 Å². The van der Waals surface area contributed by atoms with Crippen molar-refractivity contribution in [1.82, 2.24) is 9.30 Å². The number of β-lactam (4-membered cyclic amide) rings is 1. The molecule has 0 aliphatic carbocycles. The van der Waals surface area contributed by atoms with E-state index in [0.717, 1.165) is 10.6 Å². The van der Waals surface area contributed by atoms with Gasteiger partial charge in [-0.25, -0.2) is 4.57 Å². The summed E-state index contributed by atoms with van der Waals surface area (Å²) in [5, 5.41) is 26.7. The zero-order valence-electron chi connectivity index (χ0n) is 14.7. The highest BCUT2D eigenvalue weighted by Crippen LogP contribution is 2.46. The summed E-state index contributed by atoms with van der Waals surface area (Å²) in [6.07, 6.45) is 3.04. The molecule has 2 aliphatic rings. The SMILES string of the molecule is CNc1csc2c[n+](CC3=C(C(=O)[O-])N4C(=O)[C@H]([C@@H](C)O)[C@H]4[C@H]3C)cn12. The molecule has 0 saturated carbocycles. The van der Waals surface area contributed by atoms with Crippen molar-refractivity contribution in [2.45, 2.75) is 32.5 Å². The second-order valence-electron chi connectivity index (χ2n) is 6.91. The van der Waals surface area contributed by atoms with Gasteiger partial charge in [-0.05, 0) is 6.92 Å². The molecular formula is C17H20N4O4S. The van der Waals surface area contributed by atoms with Crippen LogP contribution in [-0.4, -0.2) is 45.5 Å². The molecule has 0 spiro atoms. The Morgan fingerprint density at radius 2 is 2.27 bits per heavy atom. The fourth-order valence-corrected chi connectivity index (χ4v) is 5.11. The third-order valence-electron chi connectivity index (χ3n) is 5.45. The van der Waals surface area contributed by atoms with Gasteiger partial charge in [0.15, 0.2) is 0 Å². The van der Waals surface area contributed by atoms with Gasteiger partial charge in [-0.1, -0.05) is 18.3 Å². The Bertz CT molecular complexity index is 944. The standard InChI is InChI=1S/C17H20N4O4S/c1-8-10(4-19-5-12-20(7-19)11(18-3)6-26-12)15(17(24)25)21-14(8)13(9(2)22)16(21)23/h5-9,13-14,18,22H,4H2,1-3H3/t8-,9+,13+,14+/m0/s1. The van der Waals surface area contributed by atoms with Crippen LogP contribution in [-0.2, 0) is 16.1 Å². The van der Waals surface area contributed by atoms with Gasteiger partial charge in [0.25, 0.3) is 6.33 Å². The zero-order valence-corrected chi connectivity index (χ0v) is 15.5. The third-order valence-corrected chi connectivity index (χ3v) is 6.33. The predicted octanol–water partition coefficient (Wildman–Crippen LogP) is -0.808. The number of aromatic nitrogens is 2. The number of aliphatic hydroxyl groups is 1. The van der Waals surface area contributed by atoms with Crippen molar-refractivity contribution >= 4 is 33.9 Å². The van der Waals surface area contributed by atoms with Crippen LogP contribution >= 0.6 is 11.3 Å². The van der Waals surface area contributed by atoms with E-state index in [1.54, 1.807) is 18.3 Å². The Hall–Kier alpha value is -2.39. The summed E-state index contributed by atoms with van der Waals surface area (Å²) >= 11 is 1.58. The molecule has 26 heavy (non-hydrogen) atoms. The van der Waals surface area contributed by atoms with Gasteiger partial charge >= 0.3 is 0 Å². The summed E-state index contributed by atoms with van der Waals surface area (Å²) in [5.74, 6) is -1.45. The van der Waals surface area contributed by atoms with E-state index >= 15 is 0 Å². The molecule has 1 fully saturated rings. The van der Waals surface area contributed by atoms with E-state index in [1.165, 1.54) is 4.90 Å². The molecule has 4 heterocycles. The van der Waals surface area contributed by atoms with Crippen LogP contribution in [0.2, 0.25) is 0 Å². The molecule has 0 unspecified atom stereocenters. The average molecular weight is 376 g/mol. The number of carbonyl (C=O) groups excluding carboxylic acids is 2. The second kappa shape index (κ2) is 5.82. The van der Waals surface area contributed by atoms with Gasteiger partial charge in [-0.15, -0.1) is 0 Å². The summed E-state index contributed by atoms with van der Waals surface area (Å²) in [6, 6.07) is -0.317. The number of thiazole rings is 1. The van der Waals surface area contributed by atoms with Crippen molar-refractivity contribution in [3.63, 3.8) is 0 Å². The lowest BCUT2D eigenvalue weighted by Gasteiger charge is -2.47. The molecule has 0 bridgehead atoms. The number of anilines is 1. The monoisotopic (exact) mass is 376 g/mol. The lowest BCUT2D eigenvalue weighted by atomic mass is 9.78. The summed E-state index contributed by atoms with van der Waals surface area (Å²) in [6.45, 7) is 3.83. The van der Waals surface area contributed by atoms with E-state index in [1.807, 2.05) is 40.8 Å². The number of aliphatic carboxylic acids is 1. The zero-order chi connectivity index (χ0) is 18.7. The fourth-order valence-electron chi connectivity index (χ4n) is 4.19. The number of hydrogen-bond acceptors (Lipinski definition) is 6. The first-order valence-corrected chi connectivity index (χ1v) is 9.35. The predicted molar refractivity (Wildman–Crippen MR) is 92.0 cm³/mol. The lowest BCUT2D eigenvalue weighted by Crippen LogP contribution is -2.64. The van der Waals surface area contributed by atoms with E-state index in [2.05, 4.69) is 5.32 Å². The van der Waals surface area contributed by atoms with Gasteiger partial charge in [0.1, 0.15) is 12.7 Å². The van der Waals surface area contributed by atoms with E-state index in [4.69, 9.17) is 0 Å². The number of aliphatic hydroxyl groups excluding tert-OH is 1. The van der Waals surface area contributed by atoms with E-state index < -0.39 is 18.0 Å². The third kappa shape index (κ3) is 2.20. The van der Waals surface area contributed by atoms with Gasteiger partial charge in [0.05, 0.1) is 35.1 Å². The Morgan fingerprint density at radius 1 is 1.54 bits per heavy atom. The molecule has 1 saturated heterocycles. The first-order valence-electron chi connectivity index (χ1n) is 8.47. The maximum absolute atomic E-state index is 12.3. The Labute approximate surface area is 154 Å². The maximum Gasteiger partial charge on any atom is 0.251 e. The maximum atomic E-state index is 12.3. The molecule has 4 atom stereocenters. The Balaban J connectivity index is 1.70. The van der Waals surface area contributed by atoms with Crippen LogP contribution in [0.3, 0.4) is 0 Å². The molecule has 8 nitrogen and oxygen atoms in total. The number of carboxylic acids is 1. The first kappa shape index (κ1) is 17.0. The molecule has 2 aromatic heterocycles. The average Bonchev–Trinajstić information content (AvgIpc) is 3.19. The summed E-state index contributed by atoms with van der Waals surface area (Å²) < 4.78 is 3.90. The largest absolute Gasteiger partial charge is 0.543 e. The van der Waals surface area contributed by atoms with Crippen LogP contribution < -0.4 is 15.0 Å². The molecule has 1 amide bonds. The molecule has 138 valence electrons. The van der Waals surface area contributed by atoms with Gasteiger partial charge < -0.3 is 25.2 Å². The number of fused-ring (bicyclic) bond motifs is 2. The molecule has 2 aliphatic heterocycles. The van der Waals surface area contributed by atoms with Crippen LogP contribution in [0.4, 0.5) is 5.82 Å². The van der Waals surface area contributed by atoms with Crippen molar-refractivity contribution in [2.24, 2.45) is 11.8 Å². The van der Waals surface area contributed by atoms with Crippen LogP contribution in [0.5, 0.6) is 0 Å². The highest BCUT2D eigenvalue weighted by molar-refractivity contribution is 7.15. The van der Waals surface area contributed by atoms with Crippen molar-refractivity contribution in [3.8, 4) is 0 Å². The molecule has 0 radical (unpaired) electrons. The molecule has 2 aromatic rings. The smallest absolute Gasteiger partial charge is 0.251 e. The highest BCUT2D eigenvalue weighted by Gasteiger charge is 2.58. The van der Waals surface area contributed by atoms with Gasteiger partial charge in [0.2, 0.25) is 16.6 Å². The molecule has 4 rings (SSSR count). The number of imidazole rings is 1. The second-order valence-corrected chi connectivity index (χ2v) is 7.80. The van der Waals surface area contributed by atoms with Crippen LogP contribution in [0.1, 0.15) is 13.8 Å². The van der Waals surface area contributed by atoms with Gasteiger partial charge in [-0.2, -0.15) is 4.40 Å². The number of carbonyl (C=O) groups is 2. The lowest BCUT2D eigenvalue weighted by molar-refractivity contribution is -0.688.